The zero-order valence-electron chi connectivity index (χ0n) is 9.97. The van der Waals surface area contributed by atoms with E-state index in [1.807, 2.05) is 12.4 Å². The minimum absolute atomic E-state index is 0.202. The van der Waals surface area contributed by atoms with Gasteiger partial charge in [-0.25, -0.2) is 0 Å². The first-order valence-electron chi connectivity index (χ1n) is 6.68. The second-order valence-electron chi connectivity index (χ2n) is 5.60. The van der Waals surface area contributed by atoms with Gasteiger partial charge < -0.3 is 4.74 Å². The molecule has 3 heteroatoms. The third-order valence-electron chi connectivity index (χ3n) is 4.85. The Hall–Kier alpha value is -1.45. The normalized spacial score (nSPS) is 38.9. The summed E-state index contributed by atoms with van der Waals surface area (Å²) in [6.07, 6.45) is 11.4. The average Bonchev–Trinajstić information content (AvgIpc) is 2.92. The van der Waals surface area contributed by atoms with E-state index in [1.54, 1.807) is 0 Å². The van der Waals surface area contributed by atoms with E-state index < -0.39 is 0 Å². The highest BCUT2D eigenvalue weighted by molar-refractivity contribution is 5.75. The molecule has 3 saturated heterocycles. The summed E-state index contributed by atoms with van der Waals surface area (Å²) < 4.78 is 5.81. The highest BCUT2D eigenvalue weighted by atomic mass is 16.6. The number of nitrogens with one attached hydrogen (secondary N) is 1. The van der Waals surface area contributed by atoms with Gasteiger partial charge in [-0.05, 0) is 47.1 Å². The Kier molecular flexibility index (Phi) is 1.64. The molecule has 0 spiro atoms. The highest BCUT2D eigenvalue weighted by Gasteiger charge is 2.54. The maximum atomic E-state index is 5.81. The molecule has 6 rings (SSSR count). The second kappa shape index (κ2) is 3.11. The number of rotatable bonds is 0. The molecule has 3 fully saturated rings. The molecule has 18 heavy (non-hydrogen) atoms. The molecular formula is C15H14N2O. The number of pyridine rings is 1. The van der Waals surface area contributed by atoms with Gasteiger partial charge in [-0.15, -0.1) is 0 Å². The third-order valence-corrected chi connectivity index (χ3v) is 4.85. The van der Waals surface area contributed by atoms with Crippen LogP contribution in [0.15, 0.2) is 36.2 Å². The zero-order valence-corrected chi connectivity index (χ0v) is 9.97. The van der Waals surface area contributed by atoms with Crippen molar-refractivity contribution in [1.29, 1.82) is 0 Å². The SMILES string of the molecule is C1=C2c3cnccc3CCC2C2C(=C1)C1NC2O1. The Balaban J connectivity index is 1.67. The Bertz CT molecular complexity index is 598. The number of nitrogens with zero attached hydrogens (tertiary/aromatic N) is 1. The number of allylic oxidation sites excluding steroid dienone is 3. The lowest BCUT2D eigenvalue weighted by Crippen LogP contribution is -2.49. The van der Waals surface area contributed by atoms with Crippen LogP contribution in [0, 0.1) is 11.8 Å². The topological polar surface area (TPSA) is 34.2 Å². The molecule has 1 aromatic rings. The van der Waals surface area contributed by atoms with Crippen molar-refractivity contribution in [2.45, 2.75) is 25.3 Å². The van der Waals surface area contributed by atoms with E-state index in [-0.39, 0.29) is 12.5 Å². The van der Waals surface area contributed by atoms with Gasteiger partial charge >= 0.3 is 0 Å². The molecule has 0 radical (unpaired) electrons. The van der Waals surface area contributed by atoms with Crippen molar-refractivity contribution in [3.63, 3.8) is 0 Å². The summed E-state index contributed by atoms with van der Waals surface area (Å²) in [5.41, 5.74) is 5.73. The molecule has 1 N–H and O–H groups in total. The van der Waals surface area contributed by atoms with Crippen molar-refractivity contribution in [2.24, 2.45) is 11.8 Å². The summed E-state index contributed by atoms with van der Waals surface area (Å²) >= 11 is 0. The predicted octanol–water partition coefficient (Wildman–Crippen LogP) is 1.87. The third kappa shape index (κ3) is 1.01. The van der Waals surface area contributed by atoms with Gasteiger partial charge in [-0.2, -0.15) is 0 Å². The second-order valence-corrected chi connectivity index (χ2v) is 5.60. The van der Waals surface area contributed by atoms with Crippen LogP contribution >= 0.6 is 0 Å². The van der Waals surface area contributed by atoms with E-state index in [1.165, 1.54) is 35.1 Å². The molecule has 90 valence electrons. The fourth-order valence-corrected chi connectivity index (χ4v) is 4.00. The van der Waals surface area contributed by atoms with Crippen LogP contribution in [0.4, 0.5) is 0 Å². The molecule has 2 bridgehead atoms. The Morgan fingerprint density at radius 2 is 2.28 bits per heavy atom. The number of hydrogen-bond donors (Lipinski definition) is 1. The van der Waals surface area contributed by atoms with Crippen LogP contribution in [0.5, 0.6) is 0 Å². The number of ether oxygens (including phenoxy) is 1. The van der Waals surface area contributed by atoms with E-state index in [9.17, 15) is 0 Å². The minimum atomic E-state index is 0.202. The summed E-state index contributed by atoms with van der Waals surface area (Å²) in [6.45, 7) is 0. The fourth-order valence-electron chi connectivity index (χ4n) is 4.00. The molecule has 0 aromatic carbocycles. The highest BCUT2D eigenvalue weighted by Crippen LogP contribution is 2.52. The van der Waals surface area contributed by atoms with Crippen LogP contribution in [0.25, 0.3) is 5.57 Å². The van der Waals surface area contributed by atoms with Gasteiger partial charge in [0.25, 0.3) is 0 Å². The molecule has 1 aromatic heterocycles. The van der Waals surface area contributed by atoms with Crippen LogP contribution < -0.4 is 5.32 Å². The van der Waals surface area contributed by atoms with Crippen molar-refractivity contribution in [1.82, 2.24) is 10.3 Å². The predicted molar refractivity (Wildman–Crippen MR) is 67.4 cm³/mol. The van der Waals surface area contributed by atoms with E-state index >= 15 is 0 Å². The van der Waals surface area contributed by atoms with Crippen LogP contribution in [-0.4, -0.2) is 17.4 Å². The average molecular weight is 238 g/mol. The van der Waals surface area contributed by atoms with Gasteiger partial charge in [0, 0.05) is 18.3 Å². The van der Waals surface area contributed by atoms with Gasteiger partial charge in [0.15, 0.2) is 0 Å². The van der Waals surface area contributed by atoms with Crippen molar-refractivity contribution in [3.05, 3.63) is 47.3 Å². The Labute approximate surface area is 106 Å². The largest absolute Gasteiger partial charge is 0.340 e. The lowest BCUT2D eigenvalue weighted by atomic mass is 9.70. The molecule has 4 atom stereocenters. The molecule has 4 heterocycles. The van der Waals surface area contributed by atoms with E-state index in [0.29, 0.717) is 11.8 Å². The quantitative estimate of drug-likeness (QED) is 0.749. The summed E-state index contributed by atoms with van der Waals surface area (Å²) in [5, 5.41) is 3.48. The molecule has 5 aliphatic rings. The molecule has 3 nitrogen and oxygen atoms in total. The summed E-state index contributed by atoms with van der Waals surface area (Å²) in [4.78, 5) is 4.30. The van der Waals surface area contributed by atoms with E-state index in [4.69, 9.17) is 4.74 Å². The number of aryl methyl sites for hydroxylation is 1. The standard InChI is InChI=1S/C15H14N2O/c1-2-10-9(12-7-16-6-5-8(1)12)3-4-11-13(10)15-17-14(11)18-15/h3-7,10,13-15,17H,1-2H2. The van der Waals surface area contributed by atoms with Gasteiger partial charge in [0.2, 0.25) is 0 Å². The first-order chi connectivity index (χ1) is 8.92. The maximum Gasteiger partial charge on any atom is 0.135 e. The maximum absolute atomic E-state index is 5.81. The molecule has 2 aliphatic carbocycles. The fraction of sp³-hybridized carbons (Fsp3) is 0.400. The molecule has 3 aliphatic heterocycles. The number of aromatic nitrogens is 1. The van der Waals surface area contributed by atoms with Crippen LogP contribution in [0.2, 0.25) is 0 Å². The van der Waals surface area contributed by atoms with Crippen LogP contribution in [-0.2, 0) is 11.2 Å². The molecule has 0 saturated carbocycles. The van der Waals surface area contributed by atoms with Gasteiger partial charge in [0.05, 0.1) is 0 Å². The van der Waals surface area contributed by atoms with Crippen LogP contribution in [0.3, 0.4) is 0 Å². The minimum Gasteiger partial charge on any atom is -0.340 e. The first-order valence-corrected chi connectivity index (χ1v) is 6.68. The first kappa shape index (κ1) is 9.48. The van der Waals surface area contributed by atoms with Gasteiger partial charge in [-0.3, -0.25) is 10.3 Å². The monoisotopic (exact) mass is 238 g/mol. The van der Waals surface area contributed by atoms with Crippen molar-refractivity contribution in [2.75, 3.05) is 0 Å². The van der Waals surface area contributed by atoms with Crippen LogP contribution in [0.1, 0.15) is 17.5 Å². The van der Waals surface area contributed by atoms with Gasteiger partial charge in [-0.1, -0.05) is 12.2 Å². The summed E-state index contributed by atoms with van der Waals surface area (Å²) in [5.74, 6) is 1.18. The summed E-state index contributed by atoms with van der Waals surface area (Å²) in [7, 11) is 0. The van der Waals surface area contributed by atoms with Crippen molar-refractivity contribution >= 4 is 5.57 Å². The molecule has 0 amide bonds. The van der Waals surface area contributed by atoms with E-state index in [0.717, 1.165) is 0 Å². The zero-order chi connectivity index (χ0) is 11.7. The molecule has 4 unspecified atom stereocenters. The molecular weight excluding hydrogens is 224 g/mol. The number of fused-ring (bicyclic) bond motifs is 3. The number of hydrogen-bond acceptors (Lipinski definition) is 3. The van der Waals surface area contributed by atoms with Crippen molar-refractivity contribution < 1.29 is 4.74 Å². The van der Waals surface area contributed by atoms with Gasteiger partial charge in [0.1, 0.15) is 12.5 Å². The Morgan fingerprint density at radius 3 is 3.22 bits per heavy atom. The van der Waals surface area contributed by atoms with Crippen molar-refractivity contribution in [3.8, 4) is 0 Å². The van der Waals surface area contributed by atoms with E-state index in [2.05, 4.69) is 28.5 Å². The lowest BCUT2D eigenvalue weighted by Gasteiger charge is -2.35. The summed E-state index contributed by atoms with van der Waals surface area (Å²) in [6, 6.07) is 2.16. The smallest absolute Gasteiger partial charge is 0.135 e. The lowest BCUT2D eigenvalue weighted by molar-refractivity contribution is -0.112. The Morgan fingerprint density at radius 1 is 1.33 bits per heavy atom.